The van der Waals surface area contributed by atoms with Crippen LogP contribution in [0.3, 0.4) is 0 Å². The van der Waals surface area contributed by atoms with E-state index in [0.29, 0.717) is 0 Å². The molecule has 0 saturated carbocycles. The molecule has 1 N–H and O–H groups in total. The Hall–Kier alpha value is -2.60. The maximum Gasteiger partial charge on any atom is 0.312 e. The zero-order valence-electron chi connectivity index (χ0n) is 14.3. The van der Waals surface area contributed by atoms with Crippen LogP contribution in [0.4, 0.5) is 5.69 Å². The van der Waals surface area contributed by atoms with Crippen LogP contribution in [-0.4, -0.2) is 16.9 Å². The van der Waals surface area contributed by atoms with Crippen molar-refractivity contribution in [3.63, 3.8) is 0 Å². The molecule has 0 fully saturated rings. The number of nitro benzene ring substituents is 1. The standard InChI is InChI=1S/C19H19ClN2O4/c1-12(26-18-10-9-14(20)11-17(18)22(24)25)19(23)21-16-8-4-6-13-5-2-3-7-15(13)16/h2-3,5,7,9-12,16H,4,6,8H2,1H3,(H,21,23)/t12-,16-/m0/s1. The molecule has 0 aromatic heterocycles. The number of hydrogen-bond acceptors (Lipinski definition) is 4. The molecule has 6 nitrogen and oxygen atoms in total. The van der Waals surface area contributed by atoms with E-state index >= 15 is 0 Å². The molecule has 3 rings (SSSR count). The molecule has 1 aliphatic carbocycles. The highest BCUT2D eigenvalue weighted by molar-refractivity contribution is 6.30. The van der Waals surface area contributed by atoms with Crippen molar-refractivity contribution in [1.82, 2.24) is 5.32 Å². The van der Waals surface area contributed by atoms with Gasteiger partial charge in [0.25, 0.3) is 5.91 Å². The van der Waals surface area contributed by atoms with Crippen molar-refractivity contribution >= 4 is 23.2 Å². The van der Waals surface area contributed by atoms with Gasteiger partial charge in [-0.15, -0.1) is 0 Å². The summed E-state index contributed by atoms with van der Waals surface area (Å²) >= 11 is 5.80. The molecular weight excluding hydrogens is 356 g/mol. The lowest BCUT2D eigenvalue weighted by molar-refractivity contribution is -0.386. The van der Waals surface area contributed by atoms with E-state index in [-0.39, 0.29) is 28.4 Å². The van der Waals surface area contributed by atoms with Crippen LogP contribution < -0.4 is 10.1 Å². The van der Waals surface area contributed by atoms with E-state index in [1.165, 1.54) is 23.8 Å². The molecule has 2 aromatic rings. The normalized spacial score (nSPS) is 17.1. The number of fused-ring (bicyclic) bond motifs is 1. The Bertz CT molecular complexity index is 840. The molecule has 2 aromatic carbocycles. The first-order chi connectivity index (χ1) is 12.5. The monoisotopic (exact) mass is 374 g/mol. The summed E-state index contributed by atoms with van der Waals surface area (Å²) in [6.45, 7) is 1.57. The number of nitro groups is 1. The third kappa shape index (κ3) is 3.96. The number of ether oxygens (including phenoxy) is 1. The quantitative estimate of drug-likeness (QED) is 0.627. The van der Waals surface area contributed by atoms with Crippen molar-refractivity contribution < 1.29 is 14.5 Å². The number of carbonyl (C=O) groups excluding carboxylic acids is 1. The summed E-state index contributed by atoms with van der Waals surface area (Å²) in [5.74, 6) is -0.290. The third-order valence-corrected chi connectivity index (χ3v) is 4.71. The Labute approximate surface area is 156 Å². The second kappa shape index (κ2) is 7.74. The van der Waals surface area contributed by atoms with Gasteiger partial charge in [-0.05, 0) is 49.4 Å². The first-order valence-electron chi connectivity index (χ1n) is 8.44. The zero-order valence-corrected chi connectivity index (χ0v) is 15.0. The number of rotatable bonds is 5. The van der Waals surface area contributed by atoms with Crippen LogP contribution in [0.15, 0.2) is 42.5 Å². The van der Waals surface area contributed by atoms with Crippen molar-refractivity contribution in [1.29, 1.82) is 0 Å². The fraction of sp³-hybridized carbons (Fsp3) is 0.316. The Kier molecular flexibility index (Phi) is 5.42. The van der Waals surface area contributed by atoms with E-state index in [0.717, 1.165) is 24.8 Å². The molecule has 136 valence electrons. The summed E-state index contributed by atoms with van der Waals surface area (Å²) in [6, 6.07) is 12.1. The second-order valence-corrected chi connectivity index (χ2v) is 6.72. The minimum absolute atomic E-state index is 0.0195. The Morgan fingerprint density at radius 3 is 2.88 bits per heavy atom. The largest absolute Gasteiger partial charge is 0.474 e. The summed E-state index contributed by atoms with van der Waals surface area (Å²) in [7, 11) is 0. The van der Waals surface area contributed by atoms with Gasteiger partial charge in [-0.3, -0.25) is 14.9 Å². The van der Waals surface area contributed by atoms with Crippen LogP contribution in [0.2, 0.25) is 5.02 Å². The number of hydrogen-bond donors (Lipinski definition) is 1. The van der Waals surface area contributed by atoms with Gasteiger partial charge in [0.15, 0.2) is 11.9 Å². The molecule has 0 spiro atoms. The van der Waals surface area contributed by atoms with Gasteiger partial charge in [-0.2, -0.15) is 0 Å². The summed E-state index contributed by atoms with van der Waals surface area (Å²) < 4.78 is 5.54. The highest BCUT2D eigenvalue weighted by Crippen LogP contribution is 2.32. The maximum absolute atomic E-state index is 12.5. The molecule has 0 bridgehead atoms. The Morgan fingerprint density at radius 1 is 1.35 bits per heavy atom. The molecule has 0 saturated heterocycles. The van der Waals surface area contributed by atoms with Gasteiger partial charge in [-0.25, -0.2) is 0 Å². The Morgan fingerprint density at radius 2 is 2.12 bits per heavy atom. The minimum Gasteiger partial charge on any atom is -0.474 e. The van der Waals surface area contributed by atoms with E-state index in [9.17, 15) is 14.9 Å². The van der Waals surface area contributed by atoms with Crippen LogP contribution in [0.25, 0.3) is 0 Å². The van der Waals surface area contributed by atoms with E-state index in [2.05, 4.69) is 11.4 Å². The smallest absolute Gasteiger partial charge is 0.312 e. The number of carbonyl (C=O) groups is 1. The van der Waals surface area contributed by atoms with Gasteiger partial charge in [-0.1, -0.05) is 35.9 Å². The summed E-state index contributed by atoms with van der Waals surface area (Å²) in [5, 5.41) is 14.4. The van der Waals surface area contributed by atoms with Crippen LogP contribution in [0.1, 0.15) is 36.9 Å². The molecule has 1 amide bonds. The van der Waals surface area contributed by atoms with Gasteiger partial charge >= 0.3 is 5.69 Å². The minimum atomic E-state index is -0.871. The number of nitrogens with one attached hydrogen (secondary N) is 1. The molecular formula is C19H19ClN2O4. The predicted octanol–water partition coefficient (Wildman–Crippen LogP) is 4.21. The van der Waals surface area contributed by atoms with Crippen molar-refractivity contribution in [3.05, 3.63) is 68.7 Å². The molecule has 26 heavy (non-hydrogen) atoms. The van der Waals surface area contributed by atoms with Gasteiger partial charge in [0, 0.05) is 11.1 Å². The Balaban J connectivity index is 1.71. The summed E-state index contributed by atoms with van der Waals surface area (Å²) in [5.41, 5.74) is 2.10. The van der Waals surface area contributed by atoms with Crippen molar-refractivity contribution in [2.75, 3.05) is 0 Å². The summed E-state index contributed by atoms with van der Waals surface area (Å²) in [6.07, 6.45) is 1.99. The molecule has 0 aliphatic heterocycles. The predicted molar refractivity (Wildman–Crippen MR) is 98.5 cm³/mol. The van der Waals surface area contributed by atoms with Gasteiger partial charge in [0.2, 0.25) is 0 Å². The molecule has 0 unspecified atom stereocenters. The highest BCUT2D eigenvalue weighted by Gasteiger charge is 2.26. The van der Waals surface area contributed by atoms with E-state index < -0.39 is 11.0 Å². The molecule has 2 atom stereocenters. The lowest BCUT2D eigenvalue weighted by Crippen LogP contribution is -2.39. The molecule has 7 heteroatoms. The first-order valence-corrected chi connectivity index (χ1v) is 8.82. The lowest BCUT2D eigenvalue weighted by atomic mass is 9.87. The van der Waals surface area contributed by atoms with Crippen LogP contribution in [-0.2, 0) is 11.2 Å². The summed E-state index contributed by atoms with van der Waals surface area (Å²) in [4.78, 5) is 23.1. The average molecular weight is 375 g/mol. The molecule has 0 heterocycles. The van der Waals surface area contributed by atoms with Crippen molar-refractivity contribution in [2.45, 2.75) is 38.3 Å². The number of halogens is 1. The number of nitrogens with zero attached hydrogens (tertiary/aromatic N) is 1. The lowest BCUT2D eigenvalue weighted by Gasteiger charge is -2.27. The highest BCUT2D eigenvalue weighted by atomic mass is 35.5. The number of amides is 1. The fourth-order valence-corrected chi connectivity index (χ4v) is 3.34. The molecule has 0 radical (unpaired) electrons. The zero-order chi connectivity index (χ0) is 18.7. The van der Waals surface area contributed by atoms with Crippen molar-refractivity contribution in [2.24, 2.45) is 0 Å². The van der Waals surface area contributed by atoms with Gasteiger partial charge < -0.3 is 10.1 Å². The average Bonchev–Trinajstić information content (AvgIpc) is 2.63. The maximum atomic E-state index is 12.5. The molecule has 1 aliphatic rings. The van der Waals surface area contributed by atoms with E-state index in [4.69, 9.17) is 16.3 Å². The van der Waals surface area contributed by atoms with E-state index in [1.807, 2.05) is 18.2 Å². The van der Waals surface area contributed by atoms with Crippen LogP contribution >= 0.6 is 11.6 Å². The number of benzene rings is 2. The van der Waals surface area contributed by atoms with Gasteiger partial charge in [0.05, 0.1) is 11.0 Å². The second-order valence-electron chi connectivity index (χ2n) is 6.28. The van der Waals surface area contributed by atoms with Crippen molar-refractivity contribution in [3.8, 4) is 5.75 Å². The number of aryl methyl sites for hydroxylation is 1. The van der Waals surface area contributed by atoms with Gasteiger partial charge in [0.1, 0.15) is 0 Å². The van der Waals surface area contributed by atoms with E-state index in [1.54, 1.807) is 6.92 Å². The van der Waals surface area contributed by atoms with Crippen LogP contribution in [0, 0.1) is 10.1 Å². The topological polar surface area (TPSA) is 81.5 Å². The van der Waals surface area contributed by atoms with Crippen LogP contribution in [0.5, 0.6) is 5.75 Å². The SMILES string of the molecule is C[C@H](Oc1ccc(Cl)cc1[N+](=O)[O-])C(=O)N[C@H]1CCCc2ccccc21. The fourth-order valence-electron chi connectivity index (χ4n) is 3.17. The first kappa shape index (κ1) is 18.2. The third-order valence-electron chi connectivity index (χ3n) is 4.48.